The number of carbonyl (C=O) groups is 2. The lowest BCUT2D eigenvalue weighted by Crippen LogP contribution is -2.48. The zero-order chi connectivity index (χ0) is 30.7. The van der Waals surface area contributed by atoms with Crippen LogP contribution < -0.4 is 19.5 Å². The lowest BCUT2D eigenvalue weighted by Gasteiger charge is -2.29. The molecule has 9 nitrogen and oxygen atoms in total. The van der Waals surface area contributed by atoms with Gasteiger partial charge in [-0.2, -0.15) is 0 Å². The van der Waals surface area contributed by atoms with Crippen LogP contribution in [-0.2, 0) is 39.0 Å². The summed E-state index contributed by atoms with van der Waals surface area (Å²) in [6.45, 7) is 4.33. The summed E-state index contributed by atoms with van der Waals surface area (Å²) in [7, 11) is -0.408. The zero-order valence-electron chi connectivity index (χ0n) is 24.4. The summed E-state index contributed by atoms with van der Waals surface area (Å²) in [4.78, 5) is 28.4. The summed E-state index contributed by atoms with van der Waals surface area (Å²) in [5.41, 5.74) is 2.63. The third-order valence-corrected chi connectivity index (χ3v) is 8.60. The molecule has 3 rings (SSSR count). The predicted molar refractivity (Wildman–Crippen MR) is 163 cm³/mol. The second-order valence-corrected chi connectivity index (χ2v) is 11.9. The number of halogens is 1. The average molecular weight is 616 g/mol. The number of benzene rings is 3. The molecule has 0 unspecified atom stereocenters. The fourth-order valence-electron chi connectivity index (χ4n) is 4.39. The SMILES string of the molecule is CCNS(=O)(=O)c1ccc(CCC(=O)N(Cc2ccc(Cl)cc2)[C@@H](C)C(=O)NCCc2ccc(OC)c(OC)c2)cc1. The molecule has 0 saturated heterocycles. The standard InChI is InChI=1S/C31H38ClN3O6S/c1-5-34-42(38,39)27-14-8-23(9-15-27)11-17-30(36)35(21-25-6-12-26(32)13-7-25)22(2)31(37)33-19-18-24-10-16-28(40-3)29(20-24)41-4/h6-10,12-16,20,22,34H,5,11,17-19,21H2,1-4H3,(H,33,37)/t22-/m0/s1. The molecular formula is C31H38ClN3O6S. The van der Waals surface area contributed by atoms with Crippen LogP contribution in [0.15, 0.2) is 71.6 Å². The monoisotopic (exact) mass is 615 g/mol. The fourth-order valence-corrected chi connectivity index (χ4v) is 5.55. The molecule has 0 aliphatic rings. The van der Waals surface area contributed by atoms with Crippen LogP contribution in [0, 0.1) is 0 Å². The number of aryl methyl sites for hydroxylation is 1. The summed E-state index contributed by atoms with van der Waals surface area (Å²) >= 11 is 6.04. The Labute approximate surface area is 253 Å². The number of hydrogen-bond acceptors (Lipinski definition) is 6. The van der Waals surface area contributed by atoms with Crippen LogP contribution in [0.4, 0.5) is 0 Å². The van der Waals surface area contributed by atoms with Crippen LogP contribution in [0.25, 0.3) is 0 Å². The van der Waals surface area contributed by atoms with Crippen molar-refractivity contribution in [2.75, 3.05) is 27.3 Å². The van der Waals surface area contributed by atoms with Crippen molar-refractivity contribution in [3.63, 3.8) is 0 Å². The van der Waals surface area contributed by atoms with Crippen LogP contribution in [0.3, 0.4) is 0 Å². The molecule has 0 bridgehead atoms. The predicted octanol–water partition coefficient (Wildman–Crippen LogP) is 4.36. The molecule has 226 valence electrons. The van der Waals surface area contributed by atoms with Crippen LogP contribution in [-0.4, -0.2) is 58.5 Å². The largest absolute Gasteiger partial charge is 0.493 e. The Morgan fingerprint density at radius 3 is 2.12 bits per heavy atom. The molecule has 0 heterocycles. The van der Waals surface area contributed by atoms with E-state index in [1.165, 1.54) is 12.1 Å². The zero-order valence-corrected chi connectivity index (χ0v) is 25.9. The van der Waals surface area contributed by atoms with Crippen LogP contribution in [0.1, 0.15) is 37.0 Å². The summed E-state index contributed by atoms with van der Waals surface area (Å²) in [5, 5.41) is 3.52. The molecular weight excluding hydrogens is 578 g/mol. The van der Waals surface area contributed by atoms with Crippen LogP contribution >= 0.6 is 11.6 Å². The van der Waals surface area contributed by atoms with Crippen molar-refractivity contribution in [1.29, 1.82) is 0 Å². The highest BCUT2D eigenvalue weighted by molar-refractivity contribution is 7.89. The highest BCUT2D eigenvalue weighted by atomic mass is 35.5. The fraction of sp³-hybridized carbons (Fsp3) is 0.355. The number of hydrogen-bond donors (Lipinski definition) is 2. The second kappa shape index (κ2) is 15.6. The smallest absolute Gasteiger partial charge is 0.242 e. The summed E-state index contributed by atoms with van der Waals surface area (Å²) in [6, 6.07) is 18.5. The van der Waals surface area contributed by atoms with E-state index in [4.69, 9.17) is 21.1 Å². The van der Waals surface area contributed by atoms with Crippen molar-refractivity contribution in [2.24, 2.45) is 0 Å². The lowest BCUT2D eigenvalue weighted by atomic mass is 10.1. The minimum Gasteiger partial charge on any atom is -0.493 e. The molecule has 0 radical (unpaired) electrons. The van der Waals surface area contributed by atoms with Gasteiger partial charge in [-0.25, -0.2) is 13.1 Å². The third kappa shape index (κ3) is 9.20. The van der Waals surface area contributed by atoms with Crippen LogP contribution in [0.5, 0.6) is 11.5 Å². The molecule has 0 aromatic heterocycles. The van der Waals surface area contributed by atoms with E-state index in [-0.39, 0.29) is 29.7 Å². The number of sulfonamides is 1. The van der Waals surface area contributed by atoms with Crippen molar-refractivity contribution < 1.29 is 27.5 Å². The molecule has 1 atom stereocenters. The van der Waals surface area contributed by atoms with E-state index in [1.807, 2.05) is 30.3 Å². The third-order valence-electron chi connectivity index (χ3n) is 6.79. The van der Waals surface area contributed by atoms with Gasteiger partial charge in [0.2, 0.25) is 21.8 Å². The average Bonchev–Trinajstić information content (AvgIpc) is 2.99. The molecule has 3 aromatic carbocycles. The van der Waals surface area contributed by atoms with Crippen molar-refractivity contribution >= 4 is 33.4 Å². The first-order valence-corrected chi connectivity index (χ1v) is 15.5. The Hall–Kier alpha value is -3.60. The topological polar surface area (TPSA) is 114 Å². The summed E-state index contributed by atoms with van der Waals surface area (Å²) in [6.07, 6.45) is 1.12. The van der Waals surface area contributed by atoms with E-state index in [9.17, 15) is 18.0 Å². The van der Waals surface area contributed by atoms with Gasteiger partial charge >= 0.3 is 0 Å². The Balaban J connectivity index is 1.66. The molecule has 0 saturated carbocycles. The Bertz CT molecular complexity index is 1450. The van der Waals surface area contributed by atoms with Gasteiger partial charge in [0.05, 0.1) is 19.1 Å². The van der Waals surface area contributed by atoms with Crippen LogP contribution in [0.2, 0.25) is 5.02 Å². The first-order valence-electron chi connectivity index (χ1n) is 13.7. The summed E-state index contributed by atoms with van der Waals surface area (Å²) < 4.78 is 37.5. The first kappa shape index (κ1) is 32.9. The van der Waals surface area contributed by atoms with Gasteiger partial charge in [0.15, 0.2) is 11.5 Å². The number of nitrogens with zero attached hydrogens (tertiary/aromatic N) is 1. The molecule has 11 heteroatoms. The number of ether oxygens (including phenoxy) is 2. The number of nitrogens with one attached hydrogen (secondary N) is 2. The number of amides is 2. The molecule has 0 fully saturated rings. The van der Waals surface area contributed by atoms with E-state index < -0.39 is 16.1 Å². The summed E-state index contributed by atoms with van der Waals surface area (Å²) in [5.74, 6) is 0.778. The Kier molecular flexibility index (Phi) is 12.2. The number of rotatable bonds is 15. The molecule has 0 aliphatic carbocycles. The molecule has 2 amide bonds. The van der Waals surface area contributed by atoms with Gasteiger partial charge in [0.25, 0.3) is 0 Å². The maximum absolute atomic E-state index is 13.5. The lowest BCUT2D eigenvalue weighted by molar-refractivity contribution is -0.140. The normalized spacial score (nSPS) is 11.9. The van der Waals surface area contributed by atoms with Crippen molar-refractivity contribution in [2.45, 2.75) is 50.6 Å². The molecule has 0 aliphatic heterocycles. The van der Waals surface area contributed by atoms with Gasteiger partial charge < -0.3 is 19.7 Å². The van der Waals surface area contributed by atoms with Gasteiger partial charge in [0.1, 0.15) is 6.04 Å². The van der Waals surface area contributed by atoms with E-state index in [1.54, 1.807) is 57.2 Å². The van der Waals surface area contributed by atoms with Crippen molar-refractivity contribution in [3.05, 3.63) is 88.4 Å². The van der Waals surface area contributed by atoms with Crippen molar-refractivity contribution in [3.8, 4) is 11.5 Å². The molecule has 2 N–H and O–H groups in total. The van der Waals surface area contributed by atoms with Gasteiger partial charge in [-0.05, 0) is 72.9 Å². The second-order valence-electron chi connectivity index (χ2n) is 9.70. The number of methoxy groups -OCH3 is 2. The quantitative estimate of drug-likeness (QED) is 0.263. The maximum Gasteiger partial charge on any atom is 0.242 e. The maximum atomic E-state index is 13.5. The van der Waals surface area contributed by atoms with Gasteiger partial charge in [-0.3, -0.25) is 9.59 Å². The molecule has 3 aromatic rings. The Morgan fingerprint density at radius 2 is 1.50 bits per heavy atom. The van der Waals surface area contributed by atoms with Gasteiger partial charge in [-0.15, -0.1) is 0 Å². The highest BCUT2D eigenvalue weighted by Crippen LogP contribution is 2.27. The van der Waals surface area contributed by atoms with Crippen molar-refractivity contribution in [1.82, 2.24) is 14.9 Å². The van der Waals surface area contributed by atoms with Gasteiger partial charge in [0, 0.05) is 31.1 Å². The Morgan fingerprint density at radius 1 is 0.881 bits per heavy atom. The first-order chi connectivity index (χ1) is 20.1. The highest BCUT2D eigenvalue weighted by Gasteiger charge is 2.26. The minimum atomic E-state index is -3.55. The van der Waals surface area contributed by atoms with Gasteiger partial charge in [-0.1, -0.05) is 48.9 Å². The van der Waals surface area contributed by atoms with E-state index in [2.05, 4.69) is 10.0 Å². The molecule has 0 spiro atoms. The van der Waals surface area contributed by atoms with E-state index >= 15 is 0 Å². The minimum absolute atomic E-state index is 0.149. The van der Waals surface area contributed by atoms with E-state index in [0.29, 0.717) is 42.5 Å². The molecule has 42 heavy (non-hydrogen) atoms. The van der Waals surface area contributed by atoms with E-state index in [0.717, 1.165) is 16.7 Å². The number of carbonyl (C=O) groups excluding carboxylic acids is 2.